The van der Waals surface area contributed by atoms with Gasteiger partial charge in [-0.25, -0.2) is 5.43 Å². The predicted octanol–water partition coefficient (Wildman–Crippen LogP) is 5.41. The largest absolute Gasteiger partial charge is 0.486 e. The van der Waals surface area contributed by atoms with Crippen LogP contribution in [0, 0.1) is 13.8 Å². The molecule has 4 aromatic rings. The maximum absolute atomic E-state index is 12.4. The summed E-state index contributed by atoms with van der Waals surface area (Å²) in [4.78, 5) is 12.4. The number of hydrogen-bond donors (Lipinski definition) is 1. The molecular weight excluding hydrogens is 470 g/mol. The first-order valence-electron chi connectivity index (χ1n) is 10.9. The molecule has 0 unspecified atom stereocenters. The van der Waals surface area contributed by atoms with Gasteiger partial charge in [0.2, 0.25) is 6.79 Å². The van der Waals surface area contributed by atoms with Crippen molar-refractivity contribution in [1.29, 1.82) is 0 Å². The minimum Gasteiger partial charge on any atom is -0.486 e. The number of carbonyl (C=O) groups is 1. The molecule has 35 heavy (non-hydrogen) atoms. The van der Waals surface area contributed by atoms with Gasteiger partial charge in [0.05, 0.1) is 11.2 Å². The average Bonchev–Trinajstić information content (AvgIpc) is 3.58. The number of nitrogens with one attached hydrogen (secondary N) is 1. The smallest absolute Gasteiger partial charge is 0.307 e. The van der Waals surface area contributed by atoms with Crippen molar-refractivity contribution in [3.8, 4) is 22.9 Å². The number of benzene rings is 2. The molecule has 0 aliphatic carbocycles. The fourth-order valence-corrected chi connectivity index (χ4v) is 3.95. The monoisotopic (exact) mass is 491 g/mol. The Hall–Kier alpha value is -4.17. The number of carbonyl (C=O) groups excluding carboxylic acids is 1. The van der Waals surface area contributed by atoms with Crippen LogP contribution >= 0.6 is 11.6 Å². The highest BCUT2D eigenvalue weighted by atomic mass is 35.5. The van der Waals surface area contributed by atoms with E-state index in [1.165, 1.54) is 17.6 Å². The van der Waals surface area contributed by atoms with Gasteiger partial charge < -0.3 is 23.2 Å². The topological polar surface area (TPSA) is 87.2 Å². The highest BCUT2D eigenvalue weighted by molar-refractivity contribution is 6.33. The van der Waals surface area contributed by atoms with E-state index >= 15 is 0 Å². The summed E-state index contributed by atoms with van der Waals surface area (Å²) in [5.74, 6) is 1.98. The lowest BCUT2D eigenvalue weighted by atomic mass is 10.2. The Labute approximate surface area is 206 Å². The highest BCUT2D eigenvalue weighted by Gasteiger charge is 2.16. The molecule has 0 saturated heterocycles. The zero-order chi connectivity index (χ0) is 24.4. The third-order valence-electron chi connectivity index (χ3n) is 5.49. The van der Waals surface area contributed by atoms with Gasteiger partial charge >= 0.3 is 5.91 Å². The number of amides is 1. The second kappa shape index (κ2) is 9.60. The number of hydrazone groups is 1. The van der Waals surface area contributed by atoms with Crippen LogP contribution in [0.3, 0.4) is 0 Å². The predicted molar refractivity (Wildman–Crippen MR) is 131 cm³/mol. The molecule has 9 heteroatoms. The molecule has 0 saturated carbocycles. The van der Waals surface area contributed by atoms with Gasteiger partial charge in [-0.3, -0.25) is 4.79 Å². The Morgan fingerprint density at radius 2 is 1.77 bits per heavy atom. The van der Waals surface area contributed by atoms with Crippen LogP contribution in [0.5, 0.6) is 17.2 Å². The summed E-state index contributed by atoms with van der Waals surface area (Å²) < 4.78 is 24.2. The Kier molecular flexibility index (Phi) is 6.20. The van der Waals surface area contributed by atoms with E-state index in [0.29, 0.717) is 33.6 Å². The van der Waals surface area contributed by atoms with Crippen LogP contribution in [0.2, 0.25) is 5.02 Å². The average molecular weight is 492 g/mol. The maximum atomic E-state index is 12.4. The summed E-state index contributed by atoms with van der Waals surface area (Å²) in [6.45, 7) is 4.47. The summed E-state index contributed by atoms with van der Waals surface area (Å²) in [5.41, 5.74) is 6.40. The van der Waals surface area contributed by atoms with Crippen molar-refractivity contribution < 1.29 is 23.4 Å². The lowest BCUT2D eigenvalue weighted by Crippen LogP contribution is -2.16. The van der Waals surface area contributed by atoms with E-state index in [0.717, 1.165) is 5.69 Å². The van der Waals surface area contributed by atoms with E-state index in [-0.39, 0.29) is 19.2 Å². The molecule has 1 aliphatic rings. The number of rotatable bonds is 7. The molecule has 2 aromatic heterocycles. The number of aryl methyl sites for hydroxylation is 2. The van der Waals surface area contributed by atoms with Crippen LogP contribution < -0.4 is 19.6 Å². The molecule has 1 aliphatic heterocycles. The SMILES string of the molecule is Cc1ccc(C)n1-c1ccc(OCc2ccc(C(=O)N/N=C/c3cc4c(cc3Cl)OCO4)o2)cc1. The summed E-state index contributed by atoms with van der Waals surface area (Å²) in [7, 11) is 0. The summed E-state index contributed by atoms with van der Waals surface area (Å²) in [5, 5.41) is 4.38. The van der Waals surface area contributed by atoms with Gasteiger partial charge in [0.1, 0.15) is 18.1 Å². The number of hydrogen-bond acceptors (Lipinski definition) is 6. The lowest BCUT2D eigenvalue weighted by Gasteiger charge is -2.10. The van der Waals surface area contributed by atoms with E-state index in [1.807, 2.05) is 24.3 Å². The van der Waals surface area contributed by atoms with Crippen molar-refractivity contribution in [3.05, 3.63) is 94.2 Å². The fraction of sp³-hybridized carbons (Fsp3) is 0.154. The Balaban J connectivity index is 1.16. The second-order valence-corrected chi connectivity index (χ2v) is 8.33. The van der Waals surface area contributed by atoms with E-state index in [4.69, 9.17) is 30.2 Å². The lowest BCUT2D eigenvalue weighted by molar-refractivity contribution is 0.0923. The van der Waals surface area contributed by atoms with Crippen LogP contribution in [0.25, 0.3) is 5.69 Å². The van der Waals surface area contributed by atoms with Gasteiger partial charge in [0.25, 0.3) is 0 Å². The number of ether oxygens (including phenoxy) is 3. The molecule has 0 spiro atoms. The molecule has 0 bridgehead atoms. The van der Waals surface area contributed by atoms with Gasteiger partial charge in [-0.1, -0.05) is 11.6 Å². The second-order valence-electron chi connectivity index (χ2n) is 7.93. The van der Waals surface area contributed by atoms with E-state index in [9.17, 15) is 4.79 Å². The normalized spacial score (nSPS) is 12.3. The Bertz CT molecular complexity index is 1390. The minimum atomic E-state index is -0.494. The summed E-state index contributed by atoms with van der Waals surface area (Å²) >= 11 is 6.20. The number of furan rings is 1. The van der Waals surface area contributed by atoms with Crippen molar-refractivity contribution in [2.45, 2.75) is 20.5 Å². The van der Waals surface area contributed by atoms with Gasteiger partial charge in [0, 0.05) is 28.7 Å². The van der Waals surface area contributed by atoms with E-state index in [1.54, 1.807) is 24.3 Å². The number of halogens is 1. The first-order valence-corrected chi connectivity index (χ1v) is 11.3. The summed E-state index contributed by atoms with van der Waals surface area (Å²) in [6, 6.07) is 18.6. The Morgan fingerprint density at radius 3 is 2.51 bits per heavy atom. The first kappa shape index (κ1) is 22.6. The van der Waals surface area contributed by atoms with Gasteiger partial charge in [-0.15, -0.1) is 0 Å². The zero-order valence-corrected chi connectivity index (χ0v) is 19.8. The highest BCUT2D eigenvalue weighted by Crippen LogP contribution is 2.36. The van der Waals surface area contributed by atoms with Crippen LogP contribution in [-0.2, 0) is 6.61 Å². The third kappa shape index (κ3) is 4.88. The van der Waals surface area contributed by atoms with Crippen molar-refractivity contribution >= 4 is 23.7 Å². The van der Waals surface area contributed by atoms with Gasteiger partial charge in [-0.05, 0) is 68.4 Å². The van der Waals surface area contributed by atoms with E-state index < -0.39 is 5.91 Å². The van der Waals surface area contributed by atoms with Crippen LogP contribution in [0.1, 0.15) is 33.3 Å². The number of aromatic nitrogens is 1. The molecule has 2 aromatic carbocycles. The van der Waals surface area contributed by atoms with Crippen LogP contribution in [0.15, 0.2) is 70.2 Å². The van der Waals surface area contributed by atoms with Crippen molar-refractivity contribution in [3.63, 3.8) is 0 Å². The number of nitrogens with zero attached hydrogens (tertiary/aromatic N) is 2. The summed E-state index contributed by atoms with van der Waals surface area (Å²) in [6.07, 6.45) is 1.43. The maximum Gasteiger partial charge on any atom is 0.307 e. The molecule has 0 fully saturated rings. The van der Waals surface area contributed by atoms with Crippen molar-refractivity contribution in [1.82, 2.24) is 9.99 Å². The standard InChI is InChI=1S/C26H22ClN3O5/c1-16-3-4-17(2)30(16)19-5-7-20(8-6-19)32-14-21-9-10-23(35-21)26(31)29-28-13-18-11-24-25(12-22(18)27)34-15-33-24/h3-13H,14-15H2,1-2H3,(H,29,31)/b28-13+. The molecule has 0 atom stereocenters. The third-order valence-corrected chi connectivity index (χ3v) is 5.82. The number of fused-ring (bicyclic) bond motifs is 1. The molecule has 178 valence electrons. The van der Waals surface area contributed by atoms with Gasteiger partial charge in [0.15, 0.2) is 17.3 Å². The van der Waals surface area contributed by atoms with E-state index in [2.05, 4.69) is 41.1 Å². The fourth-order valence-electron chi connectivity index (χ4n) is 3.75. The quantitative estimate of drug-likeness (QED) is 0.276. The van der Waals surface area contributed by atoms with Crippen LogP contribution in [-0.4, -0.2) is 23.5 Å². The van der Waals surface area contributed by atoms with Crippen molar-refractivity contribution in [2.75, 3.05) is 6.79 Å². The first-order chi connectivity index (χ1) is 17.0. The molecular formula is C26H22ClN3O5. The molecule has 1 amide bonds. The molecule has 0 radical (unpaired) electrons. The van der Waals surface area contributed by atoms with Crippen LogP contribution in [0.4, 0.5) is 0 Å². The molecule has 5 rings (SSSR count). The van der Waals surface area contributed by atoms with Gasteiger partial charge in [-0.2, -0.15) is 5.10 Å². The molecule has 1 N–H and O–H groups in total. The van der Waals surface area contributed by atoms with Crippen molar-refractivity contribution in [2.24, 2.45) is 5.10 Å². The minimum absolute atomic E-state index is 0.117. The zero-order valence-electron chi connectivity index (χ0n) is 19.1. The Morgan fingerprint density at radius 1 is 1.06 bits per heavy atom. The molecule has 3 heterocycles. The molecule has 8 nitrogen and oxygen atoms in total.